The molecule has 0 aromatic heterocycles. The summed E-state index contributed by atoms with van der Waals surface area (Å²) in [7, 11) is 0. The number of aliphatic hydroxyl groups excluding tert-OH is 1. The molecule has 10 rings (SSSR count). The van der Waals surface area contributed by atoms with E-state index in [9.17, 15) is 9.90 Å². The quantitative estimate of drug-likeness (QED) is 0.0812. The number of carbonyl (C=O) groups excluding carboxylic acids is 2. The van der Waals surface area contributed by atoms with Crippen molar-refractivity contribution in [1.29, 1.82) is 0 Å². The van der Waals surface area contributed by atoms with Crippen molar-refractivity contribution in [2.24, 2.45) is 57.2 Å². The minimum Gasteiger partial charge on any atom is -1.00 e. The van der Waals surface area contributed by atoms with E-state index in [0.717, 1.165) is 61.2 Å². The fourth-order valence-electron chi connectivity index (χ4n) is 15.7. The molecule has 67 heavy (non-hydrogen) atoms. The number of hydrogen-bond donors (Lipinski definition) is 1. The standard InChI is InChI=1S/C30H40O2.C28H38O.CH2O3.2K.H/c1-19(2)21-6-8-22(9-7-21)26-12-13-27-25-11-10-23-18-24(32-20(3)31)14-16-29(23,4)28(25)15-17-30(26,27)5;1-18(2)19-5-7-20(8-6-19)24-11-12-25-23-10-9-21-17-22(29)13-15-27(21,3)26(23)14-16-28(24,25)4;2-1-4-3;;;/h6-10,12,19,24-25,27-28H,11,13-18H2,1-5H3;5-9,11,18,22-23,25-26,29H,10,12-17H2,1-4H3;1,3H;;;/q;;;2*+1;-1/p-1/t24-,25-,27-,28-,29-,30+;22-,23-,25-,26-,27-,28+;;;;/m00..../s1. The van der Waals surface area contributed by atoms with Crippen LogP contribution in [0.3, 0.4) is 0 Å². The maximum Gasteiger partial charge on any atom is 1.00 e. The largest absolute Gasteiger partial charge is 1.00 e. The summed E-state index contributed by atoms with van der Waals surface area (Å²) < 4.78 is 5.60. The van der Waals surface area contributed by atoms with Gasteiger partial charge in [-0.05, 0) is 186 Å². The average Bonchev–Trinajstić information content (AvgIpc) is 3.83. The SMILES string of the molecule is CC(=O)O[C@H]1CC[C@@]2(C)C(=CC[C@@H]3[C@@H]2CC[C@]2(C)C(c4ccc(C(C)C)cc4)=CC[C@@H]32)C1.CC(C)c1ccc(C2=CC[C@H]3[C@@H]4CC=C5C[C@@H](O)CC[C@]5(C)[C@H]4CC[C@]23C)cc1.O=CO[O-].[H-].[K+].[K+]. The fourth-order valence-corrected chi connectivity index (χ4v) is 15.7. The van der Waals surface area contributed by atoms with Gasteiger partial charge in [-0.3, -0.25) is 9.59 Å². The van der Waals surface area contributed by atoms with Gasteiger partial charge in [-0.1, -0.05) is 139 Å². The molecule has 1 N–H and O–H groups in total. The Morgan fingerprint density at radius 2 is 1.03 bits per heavy atom. The molecule has 4 fully saturated rings. The number of aliphatic hydroxyl groups is 1. The second-order valence-electron chi connectivity index (χ2n) is 23.3. The molecule has 0 spiro atoms. The van der Waals surface area contributed by atoms with Crippen molar-refractivity contribution >= 4 is 23.6 Å². The Bertz CT molecular complexity index is 2200. The molecule has 2 aromatic rings. The average molecular weight is 963 g/mol. The fraction of sp³-hybridized carbons (Fsp3) is 0.627. The predicted molar refractivity (Wildman–Crippen MR) is 261 cm³/mol. The van der Waals surface area contributed by atoms with Gasteiger partial charge in [-0.15, -0.1) is 0 Å². The van der Waals surface area contributed by atoms with Gasteiger partial charge in [0.1, 0.15) is 6.10 Å². The van der Waals surface area contributed by atoms with Crippen molar-refractivity contribution in [3.8, 4) is 0 Å². The van der Waals surface area contributed by atoms with Crippen molar-refractivity contribution in [2.45, 2.75) is 176 Å². The minimum absolute atomic E-state index is 0. The third-order valence-corrected chi connectivity index (χ3v) is 19.4. The summed E-state index contributed by atoms with van der Waals surface area (Å²) in [5, 5.41) is 18.6. The Labute approximate surface area is 490 Å². The molecule has 8 aliphatic rings. The van der Waals surface area contributed by atoms with Crippen LogP contribution in [0.1, 0.15) is 188 Å². The number of fused-ring (bicyclic) bond motifs is 10. The van der Waals surface area contributed by atoms with Crippen LogP contribution in [0.15, 0.2) is 84.0 Å². The third-order valence-electron chi connectivity index (χ3n) is 19.4. The van der Waals surface area contributed by atoms with Crippen molar-refractivity contribution < 1.29 is 134 Å². The molecule has 0 heterocycles. The van der Waals surface area contributed by atoms with E-state index in [0.29, 0.717) is 33.5 Å². The van der Waals surface area contributed by atoms with Crippen LogP contribution in [0.5, 0.6) is 0 Å². The molecule has 6 nitrogen and oxygen atoms in total. The molecule has 0 radical (unpaired) electrons. The van der Waals surface area contributed by atoms with E-state index in [1.165, 1.54) is 86.5 Å². The molecule has 8 aliphatic carbocycles. The summed E-state index contributed by atoms with van der Waals surface area (Å²) in [6.45, 7) is 20.6. The van der Waals surface area contributed by atoms with Gasteiger partial charge in [0.2, 0.25) is 0 Å². The number of hydrogen-bond acceptors (Lipinski definition) is 6. The number of ether oxygens (including phenoxy) is 1. The van der Waals surface area contributed by atoms with Gasteiger partial charge in [-0.2, -0.15) is 0 Å². The van der Waals surface area contributed by atoms with Gasteiger partial charge >= 0.3 is 109 Å². The second-order valence-corrected chi connectivity index (χ2v) is 23.3. The Morgan fingerprint density at radius 3 is 1.43 bits per heavy atom. The Hall–Kier alpha value is -0.467. The first-order valence-electron chi connectivity index (χ1n) is 25.5. The number of benzene rings is 2. The minimum atomic E-state index is -0.181. The third kappa shape index (κ3) is 10.8. The zero-order valence-electron chi connectivity index (χ0n) is 44.2. The van der Waals surface area contributed by atoms with Crippen LogP contribution in [0, 0.1) is 57.2 Å². The van der Waals surface area contributed by atoms with Crippen molar-refractivity contribution in [2.75, 3.05) is 0 Å². The predicted octanol–water partition coefficient (Wildman–Crippen LogP) is 7.38. The van der Waals surface area contributed by atoms with E-state index < -0.39 is 0 Å². The van der Waals surface area contributed by atoms with Crippen LogP contribution < -0.4 is 108 Å². The Balaban J connectivity index is 0.000000227. The summed E-state index contributed by atoms with van der Waals surface area (Å²) in [4.78, 5) is 22.7. The molecule has 354 valence electrons. The maximum atomic E-state index is 11.5. The van der Waals surface area contributed by atoms with Crippen LogP contribution in [-0.4, -0.2) is 29.8 Å². The number of rotatable bonds is 6. The van der Waals surface area contributed by atoms with E-state index in [-0.39, 0.29) is 129 Å². The monoisotopic (exact) mass is 963 g/mol. The van der Waals surface area contributed by atoms with E-state index in [4.69, 9.17) is 14.8 Å². The van der Waals surface area contributed by atoms with E-state index in [1.807, 2.05) is 0 Å². The molecular weight excluding hydrogens is 883 g/mol. The van der Waals surface area contributed by atoms with E-state index in [1.54, 1.807) is 29.2 Å². The van der Waals surface area contributed by atoms with Gasteiger partial charge in [0.25, 0.3) is 6.47 Å². The summed E-state index contributed by atoms with van der Waals surface area (Å²) >= 11 is 0. The number of carbonyl (C=O) groups is 2. The zero-order chi connectivity index (χ0) is 46.5. The first kappa shape index (κ1) is 55.8. The molecule has 0 unspecified atom stereocenters. The van der Waals surface area contributed by atoms with Crippen LogP contribution in [0.4, 0.5) is 0 Å². The topological polar surface area (TPSA) is 95.9 Å². The summed E-state index contributed by atoms with van der Waals surface area (Å²) in [6, 6.07) is 18.9. The molecule has 0 amide bonds. The first-order chi connectivity index (χ1) is 31.0. The van der Waals surface area contributed by atoms with Gasteiger partial charge in [0.15, 0.2) is 0 Å². The van der Waals surface area contributed by atoms with Gasteiger partial charge in [0.05, 0.1) is 6.10 Å². The molecule has 12 atom stereocenters. The summed E-state index contributed by atoms with van der Waals surface area (Å²) in [5.74, 6) is 5.74. The second kappa shape index (κ2) is 22.7. The van der Waals surface area contributed by atoms with Crippen molar-refractivity contribution in [3.63, 3.8) is 0 Å². The molecular formula is C59H80K2O6. The van der Waals surface area contributed by atoms with E-state index in [2.05, 4.69) is 133 Å². The van der Waals surface area contributed by atoms with E-state index >= 15 is 0 Å². The van der Waals surface area contributed by atoms with Gasteiger partial charge < -0.3 is 21.4 Å². The normalized spacial score (nSPS) is 36.5. The first-order valence-corrected chi connectivity index (χ1v) is 25.5. The molecule has 4 saturated carbocycles. The Morgan fingerprint density at radius 1 is 0.627 bits per heavy atom. The maximum absolute atomic E-state index is 11.5. The van der Waals surface area contributed by atoms with Crippen molar-refractivity contribution in [3.05, 3.63) is 106 Å². The molecule has 0 saturated heterocycles. The zero-order valence-corrected chi connectivity index (χ0v) is 49.4. The Kier molecular flexibility index (Phi) is 19.0. The van der Waals surface area contributed by atoms with Crippen LogP contribution >= 0.6 is 0 Å². The number of esters is 1. The van der Waals surface area contributed by atoms with Crippen LogP contribution in [-0.2, 0) is 19.2 Å². The van der Waals surface area contributed by atoms with Crippen LogP contribution in [0.2, 0.25) is 0 Å². The molecule has 2 aromatic carbocycles. The smallest absolute Gasteiger partial charge is 1.00 e. The summed E-state index contributed by atoms with van der Waals surface area (Å²) in [5.41, 5.74) is 13.4. The van der Waals surface area contributed by atoms with Crippen LogP contribution in [0.25, 0.3) is 11.1 Å². The molecule has 8 heteroatoms. The number of allylic oxidation sites excluding steroid dienone is 6. The molecule has 0 bridgehead atoms. The van der Waals surface area contributed by atoms with Gasteiger partial charge in [-0.25, -0.2) is 0 Å². The summed E-state index contributed by atoms with van der Waals surface area (Å²) in [6.07, 6.45) is 26.7. The van der Waals surface area contributed by atoms with Gasteiger partial charge in [0, 0.05) is 13.3 Å². The molecule has 0 aliphatic heterocycles. The van der Waals surface area contributed by atoms with Crippen molar-refractivity contribution in [1.82, 2.24) is 0 Å².